The number of carbonyl (C=O) groups excluding carboxylic acids is 2. The number of ketones is 2. The fourth-order valence-electron chi connectivity index (χ4n) is 2.40. The van der Waals surface area contributed by atoms with Crippen LogP contribution >= 0.6 is 0 Å². The maximum absolute atomic E-state index is 12.4. The summed E-state index contributed by atoms with van der Waals surface area (Å²) in [6.45, 7) is 0. The van der Waals surface area contributed by atoms with Crippen LogP contribution in [-0.2, 0) is 0 Å². The van der Waals surface area contributed by atoms with E-state index >= 15 is 0 Å². The van der Waals surface area contributed by atoms with Crippen molar-refractivity contribution < 1.29 is 14.7 Å². The van der Waals surface area contributed by atoms with Crippen molar-refractivity contribution in [3.8, 4) is 5.75 Å². The van der Waals surface area contributed by atoms with Crippen molar-refractivity contribution in [2.24, 2.45) is 0 Å². The van der Waals surface area contributed by atoms with Gasteiger partial charge in [0.05, 0.1) is 0 Å². The lowest BCUT2D eigenvalue weighted by atomic mass is 10.0. The molecule has 0 amide bonds. The van der Waals surface area contributed by atoms with Crippen LogP contribution in [0, 0.1) is 0 Å². The highest BCUT2D eigenvalue weighted by Crippen LogP contribution is 2.15. The predicted octanol–water partition coefficient (Wildman–Crippen LogP) is 4.52. The van der Waals surface area contributed by atoms with Gasteiger partial charge in [-0.25, -0.2) is 0 Å². The normalized spacial score (nSPS) is 10.7. The van der Waals surface area contributed by atoms with Gasteiger partial charge in [0.15, 0.2) is 11.6 Å². The number of carbonyl (C=O) groups is 2. The first kappa shape index (κ1) is 16.4. The van der Waals surface area contributed by atoms with E-state index in [-0.39, 0.29) is 17.3 Å². The summed E-state index contributed by atoms with van der Waals surface area (Å²) in [5, 5.41) is 9.28. The van der Waals surface area contributed by atoms with Crippen LogP contribution in [0.3, 0.4) is 0 Å². The quantitative estimate of drug-likeness (QED) is 0.553. The molecule has 3 nitrogen and oxygen atoms in total. The number of rotatable bonds is 5. The third kappa shape index (κ3) is 4.09. The molecule has 0 aliphatic carbocycles. The number of aromatic hydroxyl groups is 1. The van der Waals surface area contributed by atoms with Crippen molar-refractivity contribution in [1.82, 2.24) is 0 Å². The minimum Gasteiger partial charge on any atom is -0.508 e. The molecule has 0 aliphatic rings. The monoisotopic (exact) mass is 328 g/mol. The van der Waals surface area contributed by atoms with Crippen LogP contribution in [0.2, 0.25) is 0 Å². The van der Waals surface area contributed by atoms with E-state index < -0.39 is 0 Å². The molecule has 0 saturated carbocycles. The maximum atomic E-state index is 12.4. The lowest BCUT2D eigenvalue weighted by Gasteiger charge is -2.03. The SMILES string of the molecule is O=C(/C=C/c1ccccc1)c1ccc(C(=O)c2ccc(O)cc2)cc1. The third-order valence-electron chi connectivity index (χ3n) is 3.79. The molecule has 0 unspecified atom stereocenters. The van der Waals surface area contributed by atoms with E-state index in [0.717, 1.165) is 5.56 Å². The molecule has 0 aliphatic heterocycles. The van der Waals surface area contributed by atoms with Gasteiger partial charge in [0.25, 0.3) is 0 Å². The first-order valence-corrected chi connectivity index (χ1v) is 7.85. The van der Waals surface area contributed by atoms with Crippen LogP contribution in [0.4, 0.5) is 0 Å². The Morgan fingerprint density at radius 1 is 0.680 bits per heavy atom. The summed E-state index contributed by atoms with van der Waals surface area (Å²) in [6, 6.07) is 22.2. The molecule has 122 valence electrons. The molecule has 0 aromatic heterocycles. The number of hydrogen-bond donors (Lipinski definition) is 1. The summed E-state index contributed by atoms with van der Waals surface area (Å²) >= 11 is 0. The molecule has 3 rings (SSSR count). The van der Waals surface area contributed by atoms with Gasteiger partial charge in [0.2, 0.25) is 0 Å². The van der Waals surface area contributed by atoms with Crippen LogP contribution in [0.5, 0.6) is 5.75 Å². The Labute approximate surface area is 145 Å². The summed E-state index contributed by atoms with van der Waals surface area (Å²) in [4.78, 5) is 24.6. The zero-order chi connectivity index (χ0) is 17.6. The standard InChI is InChI=1S/C22H16O3/c23-20-13-11-19(12-14-20)22(25)18-9-7-17(8-10-18)21(24)15-6-16-4-2-1-3-5-16/h1-15,23H/b15-6+. The highest BCUT2D eigenvalue weighted by atomic mass is 16.3. The van der Waals surface area contributed by atoms with E-state index in [1.54, 1.807) is 42.5 Å². The number of benzene rings is 3. The van der Waals surface area contributed by atoms with E-state index in [9.17, 15) is 14.7 Å². The van der Waals surface area contributed by atoms with Gasteiger partial charge in [-0.1, -0.05) is 60.7 Å². The number of phenolic OH excluding ortho intramolecular Hbond substituents is 1. The van der Waals surface area contributed by atoms with E-state index in [4.69, 9.17) is 0 Å². The Hall–Kier alpha value is -3.46. The van der Waals surface area contributed by atoms with Crippen molar-refractivity contribution in [2.45, 2.75) is 0 Å². The Kier molecular flexibility index (Phi) is 4.86. The Balaban J connectivity index is 1.73. The maximum Gasteiger partial charge on any atom is 0.193 e. The van der Waals surface area contributed by atoms with Gasteiger partial charge in [-0.3, -0.25) is 9.59 Å². The smallest absolute Gasteiger partial charge is 0.193 e. The minimum atomic E-state index is -0.154. The molecular weight excluding hydrogens is 312 g/mol. The summed E-state index contributed by atoms with van der Waals surface area (Å²) in [6.07, 6.45) is 3.28. The zero-order valence-electron chi connectivity index (χ0n) is 13.4. The first-order chi connectivity index (χ1) is 12.1. The van der Waals surface area contributed by atoms with Gasteiger partial charge in [0, 0.05) is 16.7 Å². The van der Waals surface area contributed by atoms with E-state index in [1.807, 2.05) is 30.3 Å². The average molecular weight is 328 g/mol. The molecule has 0 fully saturated rings. The summed E-state index contributed by atoms with van der Waals surface area (Å²) < 4.78 is 0. The zero-order valence-corrected chi connectivity index (χ0v) is 13.4. The lowest BCUT2D eigenvalue weighted by molar-refractivity contribution is 0.103. The van der Waals surface area contributed by atoms with Gasteiger partial charge in [0.1, 0.15) is 5.75 Å². The molecule has 0 saturated heterocycles. The van der Waals surface area contributed by atoms with Crippen LogP contribution in [0.25, 0.3) is 6.08 Å². The summed E-state index contributed by atoms with van der Waals surface area (Å²) in [5.41, 5.74) is 2.46. The first-order valence-electron chi connectivity index (χ1n) is 7.85. The number of phenols is 1. The van der Waals surface area contributed by atoms with Gasteiger partial charge in [-0.05, 0) is 35.9 Å². The van der Waals surface area contributed by atoms with Crippen LogP contribution in [0.15, 0.2) is 84.9 Å². The summed E-state index contributed by atoms with van der Waals surface area (Å²) in [7, 11) is 0. The van der Waals surface area contributed by atoms with Gasteiger partial charge in [-0.2, -0.15) is 0 Å². The lowest BCUT2D eigenvalue weighted by Crippen LogP contribution is -2.02. The van der Waals surface area contributed by atoms with E-state index in [0.29, 0.717) is 16.7 Å². The molecule has 3 aromatic carbocycles. The topological polar surface area (TPSA) is 54.4 Å². The second kappa shape index (κ2) is 7.41. The molecule has 25 heavy (non-hydrogen) atoms. The molecule has 1 N–H and O–H groups in total. The third-order valence-corrected chi connectivity index (χ3v) is 3.79. The molecule has 0 bridgehead atoms. The Morgan fingerprint density at radius 3 is 1.80 bits per heavy atom. The van der Waals surface area contributed by atoms with Crippen molar-refractivity contribution in [3.63, 3.8) is 0 Å². The number of allylic oxidation sites excluding steroid dienone is 1. The fourth-order valence-corrected chi connectivity index (χ4v) is 2.40. The van der Waals surface area contributed by atoms with Crippen molar-refractivity contribution in [2.75, 3.05) is 0 Å². The van der Waals surface area contributed by atoms with Crippen molar-refractivity contribution in [3.05, 3.63) is 107 Å². The predicted molar refractivity (Wildman–Crippen MR) is 97.8 cm³/mol. The Bertz CT molecular complexity index is 906. The van der Waals surface area contributed by atoms with Crippen molar-refractivity contribution >= 4 is 17.6 Å². The van der Waals surface area contributed by atoms with Crippen LogP contribution in [0.1, 0.15) is 31.8 Å². The molecule has 0 heterocycles. The molecule has 0 spiro atoms. The van der Waals surface area contributed by atoms with Gasteiger partial charge < -0.3 is 5.11 Å². The van der Waals surface area contributed by atoms with E-state index in [1.165, 1.54) is 18.2 Å². The highest BCUT2D eigenvalue weighted by molar-refractivity contribution is 6.10. The fraction of sp³-hybridized carbons (Fsp3) is 0. The van der Waals surface area contributed by atoms with Gasteiger partial charge >= 0.3 is 0 Å². The molecule has 0 radical (unpaired) electrons. The molecular formula is C22H16O3. The molecule has 0 atom stereocenters. The van der Waals surface area contributed by atoms with Crippen molar-refractivity contribution in [1.29, 1.82) is 0 Å². The van der Waals surface area contributed by atoms with Crippen LogP contribution < -0.4 is 0 Å². The Morgan fingerprint density at radius 2 is 1.20 bits per heavy atom. The molecule has 3 heteroatoms. The largest absolute Gasteiger partial charge is 0.508 e. The molecule has 3 aromatic rings. The number of hydrogen-bond acceptors (Lipinski definition) is 3. The average Bonchev–Trinajstić information content (AvgIpc) is 2.67. The summed E-state index contributed by atoms with van der Waals surface area (Å²) in [5.74, 6) is -0.158. The highest BCUT2D eigenvalue weighted by Gasteiger charge is 2.10. The second-order valence-electron chi connectivity index (χ2n) is 5.56. The van der Waals surface area contributed by atoms with E-state index in [2.05, 4.69) is 0 Å². The second-order valence-corrected chi connectivity index (χ2v) is 5.56. The minimum absolute atomic E-state index is 0.114. The van der Waals surface area contributed by atoms with Crippen LogP contribution in [-0.4, -0.2) is 16.7 Å². The van der Waals surface area contributed by atoms with Gasteiger partial charge in [-0.15, -0.1) is 0 Å².